The lowest BCUT2D eigenvalue weighted by molar-refractivity contribution is 0.414. The van der Waals surface area contributed by atoms with Gasteiger partial charge in [-0.3, -0.25) is 0 Å². The zero-order valence-corrected chi connectivity index (χ0v) is 14.1. The highest BCUT2D eigenvalue weighted by Crippen LogP contribution is 2.35. The third-order valence-corrected chi connectivity index (χ3v) is 5.54. The lowest BCUT2D eigenvalue weighted by Crippen LogP contribution is -2.12. The van der Waals surface area contributed by atoms with Crippen molar-refractivity contribution in [1.82, 2.24) is 0 Å². The highest BCUT2D eigenvalue weighted by molar-refractivity contribution is 9.10. The molecule has 0 aliphatic rings. The lowest BCUT2D eigenvalue weighted by Gasteiger charge is -2.12. The van der Waals surface area contributed by atoms with Crippen LogP contribution in [0.25, 0.3) is 10.1 Å². The normalized spacial score (nSPS) is 12.5. The summed E-state index contributed by atoms with van der Waals surface area (Å²) in [6.07, 6.45) is 0.801. The van der Waals surface area contributed by atoms with Gasteiger partial charge < -0.3 is 10.5 Å². The standard InChI is InChI=1S/C17H16BrNOS/c1-20-12-5-2-4-11(8-12)9-16(19)14-10-21-17-13(14)6-3-7-15(17)18/h2-8,10,16H,9,19H2,1H3. The Morgan fingerprint density at radius 3 is 2.86 bits per heavy atom. The molecule has 4 heteroatoms. The Kier molecular flexibility index (Phi) is 4.29. The topological polar surface area (TPSA) is 35.2 Å². The molecule has 21 heavy (non-hydrogen) atoms. The van der Waals surface area contributed by atoms with Gasteiger partial charge in [0.15, 0.2) is 0 Å². The first-order valence-electron chi connectivity index (χ1n) is 6.73. The van der Waals surface area contributed by atoms with Gasteiger partial charge in [0.2, 0.25) is 0 Å². The van der Waals surface area contributed by atoms with Crippen molar-refractivity contribution in [2.75, 3.05) is 7.11 Å². The number of fused-ring (bicyclic) bond motifs is 1. The van der Waals surface area contributed by atoms with Crippen LogP contribution in [-0.2, 0) is 6.42 Å². The van der Waals surface area contributed by atoms with Gasteiger partial charge in [0, 0.05) is 15.2 Å². The Bertz CT molecular complexity index is 768. The van der Waals surface area contributed by atoms with E-state index in [1.54, 1.807) is 18.4 Å². The van der Waals surface area contributed by atoms with Gasteiger partial charge in [-0.25, -0.2) is 0 Å². The molecule has 2 aromatic carbocycles. The summed E-state index contributed by atoms with van der Waals surface area (Å²) in [5.41, 5.74) is 8.83. The largest absolute Gasteiger partial charge is 0.497 e. The van der Waals surface area contributed by atoms with Crippen molar-refractivity contribution in [2.24, 2.45) is 5.73 Å². The van der Waals surface area contributed by atoms with E-state index in [2.05, 4.69) is 45.6 Å². The Morgan fingerprint density at radius 1 is 1.24 bits per heavy atom. The number of rotatable bonds is 4. The fraction of sp³-hybridized carbons (Fsp3) is 0.176. The number of methoxy groups -OCH3 is 1. The van der Waals surface area contributed by atoms with Crippen molar-refractivity contribution >= 4 is 37.4 Å². The minimum absolute atomic E-state index is 0.0137. The molecular formula is C17H16BrNOS. The molecule has 0 saturated heterocycles. The van der Waals surface area contributed by atoms with E-state index in [0.29, 0.717) is 0 Å². The van der Waals surface area contributed by atoms with Gasteiger partial charge in [-0.05, 0) is 62.4 Å². The molecule has 0 aliphatic heterocycles. The van der Waals surface area contributed by atoms with E-state index in [1.165, 1.54) is 21.2 Å². The maximum absolute atomic E-state index is 6.43. The van der Waals surface area contributed by atoms with E-state index in [0.717, 1.165) is 16.6 Å². The maximum atomic E-state index is 6.43. The minimum Gasteiger partial charge on any atom is -0.497 e. The fourth-order valence-corrected chi connectivity index (χ4v) is 4.18. The van der Waals surface area contributed by atoms with E-state index in [1.807, 2.05) is 18.2 Å². The second-order valence-electron chi connectivity index (χ2n) is 4.97. The molecule has 0 aliphatic carbocycles. The molecule has 2 N–H and O–H groups in total. The summed E-state index contributed by atoms with van der Waals surface area (Å²) in [5, 5.41) is 3.41. The van der Waals surface area contributed by atoms with Gasteiger partial charge in [-0.1, -0.05) is 24.3 Å². The predicted octanol–water partition coefficient (Wildman–Crippen LogP) is 4.91. The molecule has 3 rings (SSSR count). The average molecular weight is 362 g/mol. The van der Waals surface area contributed by atoms with Gasteiger partial charge in [-0.15, -0.1) is 11.3 Å². The van der Waals surface area contributed by atoms with Crippen LogP contribution in [0.5, 0.6) is 5.75 Å². The first kappa shape index (κ1) is 14.6. The first-order valence-corrected chi connectivity index (χ1v) is 8.40. The molecule has 0 bridgehead atoms. The van der Waals surface area contributed by atoms with Crippen LogP contribution in [-0.4, -0.2) is 7.11 Å². The summed E-state index contributed by atoms with van der Waals surface area (Å²) >= 11 is 5.33. The molecular weight excluding hydrogens is 346 g/mol. The molecule has 0 radical (unpaired) electrons. The highest BCUT2D eigenvalue weighted by atomic mass is 79.9. The summed E-state index contributed by atoms with van der Waals surface area (Å²) < 4.78 is 7.66. The van der Waals surface area contributed by atoms with Crippen LogP contribution in [0.3, 0.4) is 0 Å². The van der Waals surface area contributed by atoms with E-state index in [4.69, 9.17) is 10.5 Å². The van der Waals surface area contributed by atoms with Gasteiger partial charge in [0.05, 0.1) is 7.11 Å². The molecule has 0 saturated carbocycles. The summed E-state index contributed by atoms with van der Waals surface area (Å²) in [7, 11) is 1.68. The molecule has 0 spiro atoms. The van der Waals surface area contributed by atoms with Crippen LogP contribution in [0.2, 0.25) is 0 Å². The van der Waals surface area contributed by atoms with Crippen LogP contribution in [0.1, 0.15) is 17.2 Å². The molecule has 0 amide bonds. The van der Waals surface area contributed by atoms with Crippen LogP contribution in [0, 0.1) is 0 Å². The van der Waals surface area contributed by atoms with Gasteiger partial charge in [0.25, 0.3) is 0 Å². The van der Waals surface area contributed by atoms with Crippen LogP contribution in [0.4, 0.5) is 0 Å². The molecule has 1 aromatic heterocycles. The smallest absolute Gasteiger partial charge is 0.119 e. The van der Waals surface area contributed by atoms with E-state index in [-0.39, 0.29) is 6.04 Å². The van der Waals surface area contributed by atoms with E-state index < -0.39 is 0 Å². The van der Waals surface area contributed by atoms with Crippen molar-refractivity contribution in [3.63, 3.8) is 0 Å². The van der Waals surface area contributed by atoms with Crippen molar-refractivity contribution in [3.8, 4) is 5.75 Å². The summed E-state index contributed by atoms with van der Waals surface area (Å²) in [6.45, 7) is 0. The quantitative estimate of drug-likeness (QED) is 0.715. The van der Waals surface area contributed by atoms with Crippen LogP contribution >= 0.6 is 27.3 Å². The van der Waals surface area contributed by atoms with Crippen molar-refractivity contribution < 1.29 is 4.74 Å². The third-order valence-electron chi connectivity index (χ3n) is 3.57. The number of benzene rings is 2. The van der Waals surface area contributed by atoms with Crippen molar-refractivity contribution in [1.29, 1.82) is 0 Å². The highest BCUT2D eigenvalue weighted by Gasteiger charge is 2.14. The van der Waals surface area contributed by atoms with Crippen molar-refractivity contribution in [2.45, 2.75) is 12.5 Å². The Hall–Kier alpha value is -1.36. The molecule has 1 atom stereocenters. The number of halogens is 1. The molecule has 3 aromatic rings. The van der Waals surface area contributed by atoms with E-state index in [9.17, 15) is 0 Å². The third kappa shape index (κ3) is 2.98. The molecule has 1 unspecified atom stereocenters. The zero-order chi connectivity index (χ0) is 14.8. The van der Waals surface area contributed by atoms with E-state index >= 15 is 0 Å². The number of thiophene rings is 1. The monoisotopic (exact) mass is 361 g/mol. The first-order chi connectivity index (χ1) is 10.2. The molecule has 2 nitrogen and oxygen atoms in total. The Morgan fingerprint density at radius 2 is 2.05 bits per heavy atom. The number of ether oxygens (including phenoxy) is 1. The van der Waals surface area contributed by atoms with Gasteiger partial charge in [0.1, 0.15) is 5.75 Å². The second-order valence-corrected chi connectivity index (χ2v) is 6.70. The lowest BCUT2D eigenvalue weighted by atomic mass is 9.99. The average Bonchev–Trinajstić information content (AvgIpc) is 2.93. The van der Waals surface area contributed by atoms with Crippen molar-refractivity contribution in [3.05, 3.63) is 63.4 Å². The predicted molar refractivity (Wildman–Crippen MR) is 93.2 cm³/mol. The number of hydrogen-bond acceptors (Lipinski definition) is 3. The molecule has 0 fully saturated rings. The Balaban J connectivity index is 1.90. The SMILES string of the molecule is COc1cccc(CC(N)c2csc3c(Br)cccc23)c1. The Labute approximate surface area is 136 Å². The molecule has 1 heterocycles. The summed E-state index contributed by atoms with van der Waals surface area (Å²) in [4.78, 5) is 0. The van der Waals surface area contributed by atoms with Crippen LogP contribution < -0.4 is 10.5 Å². The summed E-state index contributed by atoms with van der Waals surface area (Å²) in [5.74, 6) is 0.873. The molecule has 108 valence electrons. The fourth-order valence-electron chi connectivity index (χ4n) is 2.49. The zero-order valence-electron chi connectivity index (χ0n) is 11.7. The second kappa shape index (κ2) is 6.18. The number of nitrogens with two attached hydrogens (primary N) is 1. The summed E-state index contributed by atoms with van der Waals surface area (Å²) in [6, 6.07) is 14.3. The number of hydrogen-bond donors (Lipinski definition) is 1. The minimum atomic E-state index is -0.0137. The maximum Gasteiger partial charge on any atom is 0.119 e. The van der Waals surface area contributed by atoms with Gasteiger partial charge in [-0.2, -0.15) is 0 Å². The van der Waals surface area contributed by atoms with Crippen LogP contribution in [0.15, 0.2) is 52.3 Å². The van der Waals surface area contributed by atoms with Gasteiger partial charge >= 0.3 is 0 Å².